The van der Waals surface area contributed by atoms with E-state index < -0.39 is 11.9 Å². The quantitative estimate of drug-likeness (QED) is 0.317. The molecular weight excluding hydrogens is 380 g/mol. The predicted molar refractivity (Wildman–Crippen MR) is 111 cm³/mol. The molecule has 4 aromatic carbocycles. The highest BCUT2D eigenvalue weighted by Crippen LogP contribution is 2.29. The molecule has 1 heterocycles. The van der Waals surface area contributed by atoms with Crippen LogP contribution >= 0.6 is 0 Å². The first-order valence-corrected chi connectivity index (χ1v) is 9.41. The van der Waals surface area contributed by atoms with Crippen LogP contribution in [0.1, 0.15) is 47.9 Å². The maximum Gasteiger partial charge on any atom is 0.346 e. The van der Waals surface area contributed by atoms with Gasteiger partial charge in [0.05, 0.1) is 17.5 Å². The van der Waals surface area contributed by atoms with E-state index in [1.54, 1.807) is 36.4 Å². The molecule has 0 unspecified atom stereocenters. The van der Waals surface area contributed by atoms with E-state index in [-0.39, 0.29) is 18.0 Å². The smallest absolute Gasteiger partial charge is 0.346 e. The molecule has 1 aliphatic heterocycles. The minimum atomic E-state index is -0.565. The summed E-state index contributed by atoms with van der Waals surface area (Å²) < 4.78 is 4.63. The lowest BCUT2D eigenvalue weighted by molar-refractivity contribution is 0.0390. The summed E-state index contributed by atoms with van der Waals surface area (Å²) in [5, 5.41) is 3.36. The minimum absolute atomic E-state index is 0.0100. The van der Waals surface area contributed by atoms with Gasteiger partial charge in [0.15, 0.2) is 11.6 Å². The van der Waals surface area contributed by atoms with Crippen LogP contribution in [0.3, 0.4) is 0 Å². The third-order valence-corrected chi connectivity index (χ3v) is 5.36. The van der Waals surface area contributed by atoms with Crippen molar-refractivity contribution in [1.82, 2.24) is 0 Å². The van der Waals surface area contributed by atoms with Crippen molar-refractivity contribution in [2.75, 3.05) is 0 Å². The lowest BCUT2D eigenvalue weighted by Crippen LogP contribution is -2.19. The van der Waals surface area contributed by atoms with Crippen molar-refractivity contribution in [1.29, 1.82) is 0 Å². The summed E-state index contributed by atoms with van der Waals surface area (Å²) in [6.45, 7) is 0. The minimum Gasteiger partial charge on any atom is -0.386 e. The van der Waals surface area contributed by atoms with Crippen LogP contribution in [0.15, 0.2) is 72.8 Å². The summed E-state index contributed by atoms with van der Waals surface area (Å²) in [7, 11) is 0. The predicted octanol–water partition coefficient (Wildman–Crippen LogP) is 4.76. The van der Waals surface area contributed by atoms with E-state index in [0.717, 1.165) is 16.2 Å². The molecule has 6 rings (SSSR count). The summed E-state index contributed by atoms with van der Waals surface area (Å²) in [6.07, 6.45) is 0.0100. The highest BCUT2D eigenvalue weighted by atomic mass is 16.6. The van der Waals surface area contributed by atoms with Crippen molar-refractivity contribution in [3.05, 3.63) is 95.1 Å². The number of rotatable bonds is 0. The molecule has 0 aromatic heterocycles. The van der Waals surface area contributed by atoms with Crippen molar-refractivity contribution in [2.45, 2.75) is 6.42 Å². The Balaban J connectivity index is 0.000000128. The number of ether oxygens (including phenoxy) is 1. The Morgan fingerprint density at radius 2 is 0.867 bits per heavy atom. The Bertz CT molecular complexity index is 1210. The third kappa shape index (κ3) is 2.71. The van der Waals surface area contributed by atoms with E-state index in [1.165, 1.54) is 0 Å². The number of Topliss-reactive ketones (excluding diaryl/α,β-unsaturated/α-hetero) is 2. The molecule has 5 heteroatoms. The number of carbonyl (C=O) groups is 4. The van der Waals surface area contributed by atoms with E-state index in [4.69, 9.17) is 0 Å². The first kappa shape index (κ1) is 17.9. The molecular formula is C25H14O5. The first-order chi connectivity index (χ1) is 14.5. The number of ketones is 2. The number of carbonyl (C=O) groups excluding carboxylic acids is 4. The molecule has 0 bridgehead atoms. The fourth-order valence-corrected chi connectivity index (χ4v) is 4.02. The van der Waals surface area contributed by atoms with Gasteiger partial charge in [0, 0.05) is 21.9 Å². The SMILES string of the molecule is O=C1CC(=O)c2cccc3cccc1c23.O=C1OC(=O)c2cccc3cccc1c23. The van der Waals surface area contributed by atoms with Gasteiger partial charge >= 0.3 is 11.9 Å². The maximum absolute atomic E-state index is 11.7. The Kier molecular flexibility index (Phi) is 4.03. The largest absolute Gasteiger partial charge is 0.386 e. The molecule has 0 N–H and O–H groups in total. The third-order valence-electron chi connectivity index (χ3n) is 5.36. The molecule has 0 amide bonds. The van der Waals surface area contributed by atoms with Crippen molar-refractivity contribution < 1.29 is 23.9 Å². The van der Waals surface area contributed by atoms with Crippen LogP contribution < -0.4 is 0 Å². The number of esters is 2. The van der Waals surface area contributed by atoms with Gasteiger partial charge in [-0.3, -0.25) is 9.59 Å². The van der Waals surface area contributed by atoms with Crippen molar-refractivity contribution in [3.63, 3.8) is 0 Å². The number of hydrogen-bond acceptors (Lipinski definition) is 5. The molecule has 2 aliphatic rings. The van der Waals surface area contributed by atoms with Crippen LogP contribution in [0, 0.1) is 0 Å². The second-order valence-electron chi connectivity index (χ2n) is 7.12. The second-order valence-corrected chi connectivity index (χ2v) is 7.12. The molecule has 0 saturated carbocycles. The van der Waals surface area contributed by atoms with Crippen LogP contribution in [0.5, 0.6) is 0 Å². The molecule has 144 valence electrons. The van der Waals surface area contributed by atoms with Crippen LogP contribution in [-0.4, -0.2) is 23.5 Å². The van der Waals surface area contributed by atoms with Gasteiger partial charge in [-0.2, -0.15) is 0 Å². The van der Waals surface area contributed by atoms with Crippen molar-refractivity contribution in [2.24, 2.45) is 0 Å². The Morgan fingerprint density at radius 3 is 1.30 bits per heavy atom. The van der Waals surface area contributed by atoms with Crippen LogP contribution in [0.2, 0.25) is 0 Å². The molecule has 4 aromatic rings. The van der Waals surface area contributed by atoms with Crippen molar-refractivity contribution in [3.8, 4) is 0 Å². The Morgan fingerprint density at radius 1 is 0.500 bits per heavy atom. The van der Waals surface area contributed by atoms with E-state index in [2.05, 4.69) is 4.74 Å². The summed E-state index contributed by atoms with van der Waals surface area (Å²) in [5.41, 5.74) is 2.29. The van der Waals surface area contributed by atoms with Crippen molar-refractivity contribution >= 4 is 45.0 Å². The van der Waals surface area contributed by atoms with Crippen LogP contribution in [0.25, 0.3) is 21.5 Å². The number of benzene rings is 4. The summed E-state index contributed by atoms with van der Waals surface area (Å²) in [6, 6.07) is 21.8. The van der Waals surface area contributed by atoms with Crippen LogP contribution in [-0.2, 0) is 4.74 Å². The molecule has 0 radical (unpaired) electrons. The number of cyclic esters (lactones) is 2. The monoisotopic (exact) mass is 394 g/mol. The summed E-state index contributed by atoms with van der Waals surface area (Å²) in [5.74, 6) is -1.26. The first-order valence-electron chi connectivity index (χ1n) is 9.41. The molecule has 0 fully saturated rings. The van der Waals surface area contributed by atoms with Gasteiger partial charge in [0.2, 0.25) is 0 Å². The molecule has 30 heavy (non-hydrogen) atoms. The van der Waals surface area contributed by atoms with Gasteiger partial charge < -0.3 is 4.74 Å². The zero-order chi connectivity index (χ0) is 20.8. The molecule has 0 atom stereocenters. The molecule has 0 saturated heterocycles. The van der Waals surface area contributed by atoms with E-state index >= 15 is 0 Å². The lowest BCUT2D eigenvalue weighted by atomic mass is 9.87. The summed E-state index contributed by atoms with van der Waals surface area (Å²) >= 11 is 0. The molecule has 0 spiro atoms. The average molecular weight is 394 g/mol. The lowest BCUT2D eigenvalue weighted by Gasteiger charge is -2.14. The van der Waals surface area contributed by atoms with E-state index in [0.29, 0.717) is 27.6 Å². The maximum atomic E-state index is 11.7. The van der Waals surface area contributed by atoms with E-state index in [1.807, 2.05) is 36.4 Å². The second kappa shape index (κ2) is 6.74. The Hall–Kier alpha value is -4.12. The zero-order valence-corrected chi connectivity index (χ0v) is 15.7. The highest BCUT2D eigenvalue weighted by Gasteiger charge is 2.26. The van der Waals surface area contributed by atoms with Gasteiger partial charge in [0.1, 0.15) is 0 Å². The van der Waals surface area contributed by atoms with Crippen LogP contribution in [0.4, 0.5) is 0 Å². The van der Waals surface area contributed by atoms with Gasteiger partial charge in [-0.05, 0) is 22.9 Å². The van der Waals surface area contributed by atoms with Gasteiger partial charge in [-0.15, -0.1) is 0 Å². The fourth-order valence-electron chi connectivity index (χ4n) is 4.02. The normalized spacial score (nSPS) is 14.4. The Labute approximate surface area is 170 Å². The van der Waals surface area contributed by atoms with Gasteiger partial charge in [-0.1, -0.05) is 60.7 Å². The van der Waals surface area contributed by atoms with E-state index in [9.17, 15) is 19.2 Å². The fraction of sp³-hybridized carbons (Fsp3) is 0.0400. The molecule has 1 aliphatic carbocycles. The summed E-state index contributed by atoms with van der Waals surface area (Å²) in [4.78, 5) is 46.2. The number of hydrogen-bond donors (Lipinski definition) is 0. The standard InChI is InChI=1S/C13H8O2.C12H6O3/c14-11-7-12(15)10-6-2-4-8-3-1-5-9(11)13(8)10;13-11-8-5-1-3-7-4-2-6-9(10(7)8)12(14)15-11/h1-6H,7H2;1-6H. The zero-order valence-electron chi connectivity index (χ0n) is 15.7. The van der Waals surface area contributed by atoms with Gasteiger partial charge in [0.25, 0.3) is 0 Å². The van der Waals surface area contributed by atoms with Gasteiger partial charge in [-0.25, -0.2) is 9.59 Å². The highest BCUT2D eigenvalue weighted by molar-refractivity contribution is 6.27. The average Bonchev–Trinajstić information content (AvgIpc) is 2.76. The topological polar surface area (TPSA) is 77.5 Å². The molecule has 5 nitrogen and oxygen atoms in total.